The third-order valence-electron chi connectivity index (χ3n) is 2.40. The van der Waals surface area contributed by atoms with Gasteiger partial charge in [-0.3, -0.25) is 4.79 Å². The van der Waals surface area contributed by atoms with Crippen LogP contribution in [0.5, 0.6) is 0 Å². The largest absolute Gasteiger partial charge is 0.435 e. The van der Waals surface area contributed by atoms with Gasteiger partial charge in [-0.25, -0.2) is 0 Å². The molecule has 0 fully saturated rings. The van der Waals surface area contributed by atoms with Crippen LogP contribution in [0.15, 0.2) is 35.1 Å². The van der Waals surface area contributed by atoms with Crippen molar-refractivity contribution in [3.05, 3.63) is 35.1 Å². The molecule has 21 heavy (non-hydrogen) atoms. The lowest BCUT2D eigenvalue weighted by molar-refractivity contribution is -0.135. The Balaban J connectivity index is 4.74. The minimum atomic E-state index is -0.880. The average molecular weight is 290 g/mol. The highest BCUT2D eigenvalue weighted by Crippen LogP contribution is 2.12. The second-order valence-electron chi connectivity index (χ2n) is 4.80. The first kappa shape index (κ1) is 18.9. The third kappa shape index (κ3) is 10.3. The molecule has 0 amide bonds. The lowest BCUT2D eigenvalue weighted by Crippen LogP contribution is -2.11. The van der Waals surface area contributed by atoms with Crippen molar-refractivity contribution in [3.8, 4) is 11.8 Å². The van der Waals surface area contributed by atoms with Crippen molar-refractivity contribution in [1.82, 2.24) is 0 Å². The highest BCUT2D eigenvalue weighted by Gasteiger charge is 2.10. The number of aliphatic hydroxyl groups is 1. The molecule has 0 bridgehead atoms. The van der Waals surface area contributed by atoms with E-state index in [-0.39, 0.29) is 6.42 Å². The first-order chi connectivity index (χ1) is 9.86. The Morgan fingerprint density at radius 1 is 1.29 bits per heavy atom. The normalized spacial score (nSPS) is 12.8. The zero-order chi connectivity index (χ0) is 16.3. The second-order valence-corrected chi connectivity index (χ2v) is 4.80. The van der Waals surface area contributed by atoms with E-state index < -0.39 is 12.1 Å². The number of allylic oxidation sites excluding steroid dienone is 3. The number of aliphatic hydroxyl groups excluding tert-OH is 1. The van der Waals surface area contributed by atoms with E-state index in [1.807, 2.05) is 26.8 Å². The van der Waals surface area contributed by atoms with Gasteiger partial charge in [0.2, 0.25) is 0 Å². The van der Waals surface area contributed by atoms with E-state index >= 15 is 0 Å². The second kappa shape index (κ2) is 10.6. The van der Waals surface area contributed by atoms with Gasteiger partial charge in [-0.2, -0.15) is 0 Å². The maximum Gasteiger partial charge on any atom is 0.307 e. The van der Waals surface area contributed by atoms with Crippen LogP contribution in [0.25, 0.3) is 0 Å². The molecule has 0 radical (unpaired) electrons. The van der Waals surface area contributed by atoms with Gasteiger partial charge in [0.1, 0.15) is 6.29 Å². The molecule has 0 aromatic heterocycles. The van der Waals surface area contributed by atoms with Gasteiger partial charge in [-0.15, -0.1) is 0 Å². The maximum atomic E-state index is 10.7. The molecule has 1 atom stereocenters. The minimum absolute atomic E-state index is 0.0186. The maximum absolute atomic E-state index is 10.7. The molecule has 0 aromatic carbocycles. The monoisotopic (exact) mass is 290 g/mol. The first-order valence-electron chi connectivity index (χ1n) is 6.66. The number of carbonyl (C=O) groups is 2. The zero-order valence-corrected chi connectivity index (χ0v) is 13.0. The smallest absolute Gasteiger partial charge is 0.307 e. The number of esters is 1. The van der Waals surface area contributed by atoms with E-state index in [0.29, 0.717) is 18.3 Å². The molecule has 0 heterocycles. The zero-order valence-electron chi connectivity index (χ0n) is 13.0. The molecule has 1 N–H and O–H groups in total. The predicted molar refractivity (Wildman–Crippen MR) is 82.1 cm³/mol. The van der Waals surface area contributed by atoms with Crippen LogP contribution in [0, 0.1) is 11.8 Å². The molecule has 114 valence electrons. The summed E-state index contributed by atoms with van der Waals surface area (Å²) in [4.78, 5) is 21.3. The van der Waals surface area contributed by atoms with E-state index in [2.05, 4.69) is 11.8 Å². The highest BCUT2D eigenvalue weighted by molar-refractivity contribution is 5.67. The summed E-state index contributed by atoms with van der Waals surface area (Å²) in [5.41, 5.74) is 2.30. The van der Waals surface area contributed by atoms with Gasteiger partial charge < -0.3 is 14.6 Å². The van der Waals surface area contributed by atoms with Crippen LogP contribution in [-0.4, -0.2) is 23.5 Å². The van der Waals surface area contributed by atoms with Crippen LogP contribution in [0.3, 0.4) is 0 Å². The van der Waals surface area contributed by atoms with Gasteiger partial charge in [0.25, 0.3) is 0 Å². The van der Waals surface area contributed by atoms with Crippen molar-refractivity contribution < 1.29 is 19.4 Å². The number of aldehydes is 1. The Morgan fingerprint density at radius 3 is 2.48 bits per heavy atom. The molecule has 4 heteroatoms. The van der Waals surface area contributed by atoms with Crippen molar-refractivity contribution in [2.75, 3.05) is 0 Å². The predicted octanol–water partition coefficient (Wildman–Crippen LogP) is 2.69. The molecule has 0 aliphatic carbocycles. The Labute approximate surface area is 126 Å². The van der Waals surface area contributed by atoms with Gasteiger partial charge in [0, 0.05) is 18.9 Å². The summed E-state index contributed by atoms with van der Waals surface area (Å²) >= 11 is 0. The van der Waals surface area contributed by atoms with Crippen molar-refractivity contribution >= 4 is 12.3 Å². The topological polar surface area (TPSA) is 63.6 Å². The SMILES string of the molecule is CC(=O)O/C=C(/CC=O)[C@@H](O)C/C=C(\C)C#CC=C(C)C. The van der Waals surface area contributed by atoms with E-state index in [1.54, 1.807) is 6.08 Å². The average Bonchev–Trinajstić information content (AvgIpc) is 2.40. The number of hydrogen-bond acceptors (Lipinski definition) is 4. The molecule has 0 rings (SSSR count). The van der Waals surface area contributed by atoms with Crippen molar-refractivity contribution in [2.24, 2.45) is 0 Å². The third-order valence-corrected chi connectivity index (χ3v) is 2.40. The van der Waals surface area contributed by atoms with E-state index in [1.165, 1.54) is 6.92 Å². The molecule has 0 aromatic rings. The van der Waals surface area contributed by atoms with Gasteiger partial charge in [-0.1, -0.05) is 23.5 Å². The molecule has 0 saturated heterocycles. The fraction of sp³-hybridized carbons (Fsp3) is 0.412. The molecular weight excluding hydrogens is 268 g/mol. The number of rotatable bonds is 6. The lowest BCUT2D eigenvalue weighted by Gasteiger charge is -2.10. The summed E-state index contributed by atoms with van der Waals surface area (Å²) < 4.78 is 4.70. The minimum Gasteiger partial charge on any atom is -0.435 e. The molecule has 4 nitrogen and oxygen atoms in total. The number of hydrogen-bond donors (Lipinski definition) is 1. The fourth-order valence-electron chi connectivity index (χ4n) is 1.30. The molecule has 0 aliphatic rings. The summed E-state index contributed by atoms with van der Waals surface area (Å²) in [6.07, 6.45) is 4.83. The standard InChI is InChI=1S/C17H22O4/c1-13(2)6-5-7-14(3)8-9-17(20)16(10-11-18)12-21-15(4)19/h6,8,11-12,17,20H,9-10H2,1-4H3/b14-8+,16-12-/t17-/m0/s1. The fourth-order valence-corrected chi connectivity index (χ4v) is 1.30. The van der Waals surface area contributed by atoms with E-state index in [4.69, 9.17) is 4.74 Å². The van der Waals surface area contributed by atoms with Crippen LogP contribution in [0.1, 0.15) is 40.5 Å². The van der Waals surface area contributed by atoms with Gasteiger partial charge in [-0.05, 0) is 38.8 Å². The first-order valence-corrected chi connectivity index (χ1v) is 6.66. The Morgan fingerprint density at radius 2 is 1.95 bits per heavy atom. The van der Waals surface area contributed by atoms with Gasteiger partial charge in [0.15, 0.2) is 0 Å². The van der Waals surface area contributed by atoms with Crippen molar-refractivity contribution in [1.29, 1.82) is 0 Å². The molecule has 0 spiro atoms. The van der Waals surface area contributed by atoms with Crippen molar-refractivity contribution in [2.45, 2.75) is 46.6 Å². The Bertz CT molecular complexity index is 509. The summed E-state index contributed by atoms with van der Waals surface area (Å²) in [6.45, 7) is 7.02. The van der Waals surface area contributed by atoms with E-state index in [9.17, 15) is 14.7 Å². The van der Waals surface area contributed by atoms with Crippen LogP contribution >= 0.6 is 0 Å². The summed E-state index contributed by atoms with van der Waals surface area (Å²) in [5, 5.41) is 9.99. The van der Waals surface area contributed by atoms with Gasteiger partial charge >= 0.3 is 5.97 Å². The molecule has 0 aliphatic heterocycles. The van der Waals surface area contributed by atoms with Crippen LogP contribution in [0.4, 0.5) is 0 Å². The van der Waals surface area contributed by atoms with Crippen LogP contribution in [0.2, 0.25) is 0 Å². The molecular formula is C17H22O4. The van der Waals surface area contributed by atoms with Crippen LogP contribution in [-0.2, 0) is 14.3 Å². The highest BCUT2D eigenvalue weighted by atomic mass is 16.5. The number of ether oxygens (including phenoxy) is 1. The quantitative estimate of drug-likeness (QED) is 0.353. The van der Waals surface area contributed by atoms with Gasteiger partial charge in [0.05, 0.1) is 12.4 Å². The van der Waals surface area contributed by atoms with E-state index in [0.717, 1.165) is 17.4 Å². The Kier molecular flexibility index (Phi) is 9.57. The molecule has 0 saturated carbocycles. The summed E-state index contributed by atoms with van der Waals surface area (Å²) in [5.74, 6) is 5.34. The summed E-state index contributed by atoms with van der Waals surface area (Å²) in [6, 6.07) is 0. The lowest BCUT2D eigenvalue weighted by atomic mass is 10.0. The van der Waals surface area contributed by atoms with Crippen LogP contribution < -0.4 is 0 Å². The molecule has 0 unspecified atom stereocenters. The Hall–Kier alpha value is -2.12. The van der Waals surface area contributed by atoms with Crippen molar-refractivity contribution in [3.63, 3.8) is 0 Å². The summed E-state index contributed by atoms with van der Waals surface area (Å²) in [7, 11) is 0. The number of carbonyl (C=O) groups excluding carboxylic acids is 2.